The Kier molecular flexibility index (Phi) is 8.33. The van der Waals surface area contributed by atoms with Gasteiger partial charge in [0.2, 0.25) is 0 Å². The molecule has 0 aliphatic heterocycles. The van der Waals surface area contributed by atoms with Crippen molar-refractivity contribution >= 4 is 0 Å². The zero-order valence-corrected chi connectivity index (χ0v) is 8.50. The summed E-state index contributed by atoms with van der Waals surface area (Å²) in [5.74, 6) is 0. The van der Waals surface area contributed by atoms with Gasteiger partial charge in [-0.15, -0.1) is 0 Å². The second-order valence-electron chi connectivity index (χ2n) is 3.45. The number of hydrogen-bond acceptors (Lipinski definition) is 4. The normalized spacial score (nSPS) is 15.7. The first-order valence-electron chi connectivity index (χ1n) is 4.98. The molecule has 4 heteroatoms. The average molecular weight is 189 g/mol. The van der Waals surface area contributed by atoms with Gasteiger partial charge in [0.05, 0.1) is 6.61 Å². The predicted octanol–water partition coefficient (Wildman–Crippen LogP) is -0.587. The van der Waals surface area contributed by atoms with Gasteiger partial charge in [0.25, 0.3) is 0 Å². The number of rotatable bonds is 8. The van der Waals surface area contributed by atoms with Gasteiger partial charge >= 0.3 is 0 Å². The highest BCUT2D eigenvalue weighted by Gasteiger charge is 2.04. The van der Waals surface area contributed by atoms with Crippen LogP contribution < -0.4 is 16.8 Å². The Morgan fingerprint density at radius 2 is 1.92 bits per heavy atom. The molecule has 0 saturated heterocycles. The van der Waals surface area contributed by atoms with E-state index in [9.17, 15) is 0 Å². The van der Waals surface area contributed by atoms with Gasteiger partial charge in [-0.1, -0.05) is 12.8 Å². The first kappa shape index (κ1) is 12.8. The van der Waals surface area contributed by atoms with E-state index >= 15 is 0 Å². The standard InChI is InChI=1S/C9H23N3O/c1-12-9(7-13)5-3-2-4-8(11)6-10/h8-9,12-13H,2-7,10-11H2,1H3. The maximum absolute atomic E-state index is 8.87. The Balaban J connectivity index is 3.23. The monoisotopic (exact) mass is 189 g/mol. The van der Waals surface area contributed by atoms with Crippen LogP contribution in [0.3, 0.4) is 0 Å². The lowest BCUT2D eigenvalue weighted by Crippen LogP contribution is -2.30. The van der Waals surface area contributed by atoms with Gasteiger partial charge in [0, 0.05) is 18.6 Å². The third kappa shape index (κ3) is 6.95. The maximum Gasteiger partial charge on any atom is 0.0584 e. The summed E-state index contributed by atoms with van der Waals surface area (Å²) in [6, 6.07) is 0.372. The van der Waals surface area contributed by atoms with Gasteiger partial charge in [-0.3, -0.25) is 0 Å². The van der Waals surface area contributed by atoms with Crippen LogP contribution in [0.5, 0.6) is 0 Å². The first-order chi connectivity index (χ1) is 6.24. The molecule has 0 aromatic carbocycles. The third-order valence-corrected chi connectivity index (χ3v) is 2.31. The zero-order valence-electron chi connectivity index (χ0n) is 8.50. The first-order valence-corrected chi connectivity index (χ1v) is 4.98. The number of likely N-dealkylation sites (N-methyl/N-ethyl adjacent to an activating group) is 1. The molecule has 13 heavy (non-hydrogen) atoms. The number of nitrogens with one attached hydrogen (secondary N) is 1. The van der Waals surface area contributed by atoms with Crippen LogP contribution in [-0.4, -0.2) is 37.4 Å². The van der Waals surface area contributed by atoms with E-state index in [2.05, 4.69) is 5.32 Å². The van der Waals surface area contributed by atoms with Crippen molar-refractivity contribution < 1.29 is 5.11 Å². The van der Waals surface area contributed by atoms with Crippen molar-refractivity contribution in [1.29, 1.82) is 0 Å². The average Bonchev–Trinajstić information content (AvgIpc) is 2.18. The summed E-state index contributed by atoms with van der Waals surface area (Å²) < 4.78 is 0. The van der Waals surface area contributed by atoms with Crippen molar-refractivity contribution in [2.45, 2.75) is 37.8 Å². The fraction of sp³-hybridized carbons (Fsp3) is 1.00. The highest BCUT2D eigenvalue weighted by molar-refractivity contribution is 4.65. The lowest BCUT2D eigenvalue weighted by molar-refractivity contribution is 0.239. The molecular formula is C9H23N3O. The van der Waals surface area contributed by atoms with Crippen molar-refractivity contribution in [1.82, 2.24) is 5.32 Å². The molecule has 2 atom stereocenters. The molecule has 4 nitrogen and oxygen atoms in total. The van der Waals surface area contributed by atoms with Gasteiger partial charge in [0.1, 0.15) is 0 Å². The molecule has 0 aromatic heterocycles. The molecular weight excluding hydrogens is 166 g/mol. The fourth-order valence-corrected chi connectivity index (χ4v) is 1.24. The second kappa shape index (κ2) is 8.44. The number of unbranched alkanes of at least 4 members (excludes halogenated alkanes) is 1. The minimum atomic E-state index is 0.141. The molecule has 0 aromatic rings. The van der Waals surface area contributed by atoms with Crippen LogP contribution in [0.1, 0.15) is 25.7 Å². The highest BCUT2D eigenvalue weighted by Crippen LogP contribution is 2.04. The van der Waals surface area contributed by atoms with Gasteiger partial charge in [-0.2, -0.15) is 0 Å². The quantitative estimate of drug-likeness (QED) is 0.385. The number of hydrogen-bond donors (Lipinski definition) is 4. The molecule has 6 N–H and O–H groups in total. The Morgan fingerprint density at radius 3 is 2.38 bits per heavy atom. The number of nitrogens with two attached hydrogens (primary N) is 2. The molecule has 0 aliphatic rings. The van der Waals surface area contributed by atoms with Gasteiger partial charge < -0.3 is 21.9 Å². The van der Waals surface area contributed by atoms with Crippen LogP contribution in [0.25, 0.3) is 0 Å². The summed E-state index contributed by atoms with van der Waals surface area (Å²) in [5, 5.41) is 11.9. The predicted molar refractivity (Wildman–Crippen MR) is 55.4 cm³/mol. The van der Waals surface area contributed by atoms with Gasteiger partial charge in [-0.25, -0.2) is 0 Å². The Bertz CT molecular complexity index is 107. The van der Waals surface area contributed by atoms with Crippen molar-refractivity contribution in [3.8, 4) is 0 Å². The molecule has 0 rings (SSSR count). The van der Waals surface area contributed by atoms with Crippen LogP contribution in [0.2, 0.25) is 0 Å². The Hall–Kier alpha value is -0.160. The molecule has 0 aliphatic carbocycles. The van der Waals surface area contributed by atoms with E-state index in [0.29, 0.717) is 6.54 Å². The van der Waals surface area contributed by atoms with E-state index in [1.807, 2.05) is 7.05 Å². The summed E-state index contributed by atoms with van der Waals surface area (Å²) in [6.45, 7) is 0.773. The lowest BCUT2D eigenvalue weighted by Gasteiger charge is -2.13. The van der Waals surface area contributed by atoms with Crippen molar-refractivity contribution in [2.75, 3.05) is 20.2 Å². The van der Waals surface area contributed by atoms with Crippen LogP contribution in [0.4, 0.5) is 0 Å². The minimum Gasteiger partial charge on any atom is -0.395 e. The molecule has 0 spiro atoms. The van der Waals surface area contributed by atoms with E-state index in [1.54, 1.807) is 0 Å². The van der Waals surface area contributed by atoms with E-state index in [-0.39, 0.29) is 18.7 Å². The van der Waals surface area contributed by atoms with Crippen LogP contribution in [0, 0.1) is 0 Å². The fourth-order valence-electron chi connectivity index (χ4n) is 1.24. The molecule has 0 radical (unpaired) electrons. The van der Waals surface area contributed by atoms with E-state index in [0.717, 1.165) is 25.7 Å². The smallest absolute Gasteiger partial charge is 0.0584 e. The summed E-state index contributed by atoms with van der Waals surface area (Å²) in [6.07, 6.45) is 4.18. The highest BCUT2D eigenvalue weighted by atomic mass is 16.3. The maximum atomic E-state index is 8.87. The zero-order chi connectivity index (χ0) is 10.1. The summed E-state index contributed by atoms with van der Waals surface area (Å²) in [7, 11) is 1.87. The minimum absolute atomic E-state index is 0.141. The summed E-state index contributed by atoms with van der Waals surface area (Å²) >= 11 is 0. The molecule has 0 saturated carbocycles. The number of aliphatic hydroxyl groups excluding tert-OH is 1. The third-order valence-electron chi connectivity index (χ3n) is 2.31. The summed E-state index contributed by atoms with van der Waals surface area (Å²) in [4.78, 5) is 0. The van der Waals surface area contributed by atoms with Crippen molar-refractivity contribution in [3.63, 3.8) is 0 Å². The van der Waals surface area contributed by atoms with Gasteiger partial charge in [-0.05, 0) is 19.9 Å². The largest absolute Gasteiger partial charge is 0.395 e. The second-order valence-corrected chi connectivity index (χ2v) is 3.45. The molecule has 0 fully saturated rings. The van der Waals surface area contributed by atoms with Crippen molar-refractivity contribution in [2.24, 2.45) is 11.5 Å². The molecule has 0 bridgehead atoms. The van der Waals surface area contributed by atoms with Crippen LogP contribution >= 0.6 is 0 Å². The Labute approximate surface area is 80.7 Å². The number of aliphatic hydroxyl groups is 1. The van der Waals surface area contributed by atoms with E-state index in [4.69, 9.17) is 16.6 Å². The molecule has 2 unspecified atom stereocenters. The lowest BCUT2D eigenvalue weighted by atomic mass is 10.1. The van der Waals surface area contributed by atoms with Crippen LogP contribution in [-0.2, 0) is 0 Å². The van der Waals surface area contributed by atoms with E-state index in [1.165, 1.54) is 0 Å². The molecule has 0 amide bonds. The van der Waals surface area contributed by atoms with Crippen LogP contribution in [0.15, 0.2) is 0 Å². The SMILES string of the molecule is CNC(CO)CCCCC(N)CN. The molecule has 0 heterocycles. The Morgan fingerprint density at radius 1 is 1.31 bits per heavy atom. The van der Waals surface area contributed by atoms with Gasteiger partial charge in [0.15, 0.2) is 0 Å². The molecule has 80 valence electrons. The van der Waals surface area contributed by atoms with Crippen molar-refractivity contribution in [3.05, 3.63) is 0 Å². The van der Waals surface area contributed by atoms with E-state index < -0.39 is 0 Å². The summed E-state index contributed by atoms with van der Waals surface area (Å²) in [5.41, 5.74) is 11.1. The topological polar surface area (TPSA) is 84.3 Å².